The van der Waals surface area contributed by atoms with Crippen LogP contribution in [0.15, 0.2) is 42.7 Å². The molecule has 1 aromatic carbocycles. The number of aliphatic carboxylic acids is 1. The van der Waals surface area contributed by atoms with Gasteiger partial charge in [-0.05, 0) is 54.4 Å². The zero-order chi connectivity index (χ0) is 29.1. The highest BCUT2D eigenvalue weighted by atomic mass is 35.5. The number of carboxylic acid groups (broad SMARTS) is 1. The van der Waals surface area contributed by atoms with Gasteiger partial charge in [0.1, 0.15) is 10.0 Å². The summed E-state index contributed by atoms with van der Waals surface area (Å²) in [5, 5.41) is 23.1. The number of nitrogens with zero attached hydrogens (tertiary/aromatic N) is 1. The van der Waals surface area contributed by atoms with Gasteiger partial charge in [0.2, 0.25) is 12.4 Å². The molecule has 212 valence electrons. The molecule has 0 aliphatic heterocycles. The Balaban J connectivity index is 2.07. The second-order valence-corrected chi connectivity index (χ2v) is 17.7. The molecular formula is C28H35Cl2NO6SSi. The van der Waals surface area contributed by atoms with Crippen molar-refractivity contribution in [1.29, 1.82) is 0 Å². The fraction of sp³-hybridized carbons (Fsp3) is 0.429. The first-order valence-electron chi connectivity index (χ1n) is 12.4. The van der Waals surface area contributed by atoms with Crippen LogP contribution in [0.2, 0.25) is 28.2 Å². The van der Waals surface area contributed by atoms with Gasteiger partial charge in [-0.2, -0.15) is 0 Å². The third-order valence-electron chi connectivity index (χ3n) is 7.35. The molecule has 3 rings (SSSR count). The minimum absolute atomic E-state index is 0.0556. The van der Waals surface area contributed by atoms with Gasteiger partial charge < -0.3 is 23.8 Å². The summed E-state index contributed by atoms with van der Waals surface area (Å²) in [7, 11) is 1.06. The molecule has 2 atom stereocenters. The van der Waals surface area contributed by atoms with E-state index in [1.807, 2.05) is 12.1 Å². The Morgan fingerprint density at radius 3 is 2.23 bits per heavy atom. The highest BCUT2D eigenvalue weighted by Crippen LogP contribution is 2.43. The molecule has 39 heavy (non-hydrogen) atoms. The summed E-state index contributed by atoms with van der Waals surface area (Å²) in [6.45, 7) is 11.3. The Morgan fingerprint density at radius 2 is 1.69 bits per heavy atom. The van der Waals surface area contributed by atoms with E-state index in [2.05, 4.69) is 33.9 Å². The molecule has 0 bridgehead atoms. The summed E-state index contributed by atoms with van der Waals surface area (Å²) in [4.78, 5) is 14.3. The van der Waals surface area contributed by atoms with E-state index in [1.54, 1.807) is 18.2 Å². The predicted octanol–water partition coefficient (Wildman–Crippen LogP) is 5.98. The molecule has 0 radical (unpaired) electrons. The highest BCUT2D eigenvalue weighted by Gasteiger charge is 2.37. The van der Waals surface area contributed by atoms with E-state index in [-0.39, 0.29) is 21.5 Å². The highest BCUT2D eigenvalue weighted by molar-refractivity contribution is 7.12. The van der Waals surface area contributed by atoms with Gasteiger partial charge in [0.25, 0.3) is 0 Å². The lowest BCUT2D eigenvalue weighted by Gasteiger charge is -2.36. The lowest BCUT2D eigenvalue weighted by Crippen LogP contribution is -2.40. The molecule has 2 heterocycles. The van der Waals surface area contributed by atoms with Crippen molar-refractivity contribution in [1.82, 2.24) is 0 Å². The zero-order valence-electron chi connectivity index (χ0n) is 23.2. The number of thiophene rings is 1. The molecule has 0 aliphatic carbocycles. The molecule has 1 N–H and O–H groups in total. The maximum Gasteiger partial charge on any atom is 0.241 e. The number of hydrogen-bond acceptors (Lipinski definition) is 7. The fourth-order valence-corrected chi connectivity index (χ4v) is 6.79. The van der Waals surface area contributed by atoms with Crippen molar-refractivity contribution in [3.8, 4) is 11.5 Å². The van der Waals surface area contributed by atoms with E-state index < -0.39 is 26.1 Å². The van der Waals surface area contributed by atoms with E-state index in [1.165, 1.54) is 38.0 Å². The minimum atomic E-state index is -1.99. The quantitative estimate of drug-likeness (QED) is 0.163. The number of hydrogen-bond donors (Lipinski definition) is 1. The normalized spacial score (nSPS) is 13.7. The maximum atomic E-state index is 12.8. The van der Waals surface area contributed by atoms with Gasteiger partial charge >= 0.3 is 0 Å². The number of carboxylic acids is 1. The average Bonchev–Trinajstić information content (AvgIpc) is 3.31. The summed E-state index contributed by atoms with van der Waals surface area (Å²) in [6, 6.07) is 9.01. The Hall–Kier alpha value is -2.30. The van der Waals surface area contributed by atoms with Crippen LogP contribution >= 0.6 is 34.5 Å². The minimum Gasteiger partial charge on any atom is -0.549 e. The number of ether oxygens (including phenoxy) is 2. The van der Waals surface area contributed by atoms with Crippen LogP contribution in [0.5, 0.6) is 11.5 Å². The van der Waals surface area contributed by atoms with Gasteiger partial charge in [-0.25, -0.2) is 0 Å². The zero-order valence-corrected chi connectivity index (χ0v) is 26.5. The molecule has 0 saturated heterocycles. The van der Waals surface area contributed by atoms with Gasteiger partial charge in [0.15, 0.2) is 19.8 Å². The van der Waals surface area contributed by atoms with Gasteiger partial charge in [0, 0.05) is 31.9 Å². The van der Waals surface area contributed by atoms with E-state index >= 15 is 0 Å². The van der Waals surface area contributed by atoms with Crippen molar-refractivity contribution in [3.05, 3.63) is 73.7 Å². The molecule has 0 saturated carbocycles. The lowest BCUT2D eigenvalue weighted by atomic mass is 9.80. The molecular weight excluding hydrogens is 577 g/mol. The maximum absolute atomic E-state index is 12.8. The summed E-state index contributed by atoms with van der Waals surface area (Å²) >= 11 is 14.3. The van der Waals surface area contributed by atoms with E-state index in [4.69, 9.17) is 37.1 Å². The first-order chi connectivity index (χ1) is 18.2. The van der Waals surface area contributed by atoms with Crippen molar-refractivity contribution in [2.45, 2.75) is 63.8 Å². The Kier molecular flexibility index (Phi) is 9.99. The number of pyridine rings is 1. The van der Waals surface area contributed by atoms with Crippen molar-refractivity contribution in [2.75, 3.05) is 14.2 Å². The molecule has 0 amide bonds. The Morgan fingerprint density at radius 1 is 1.08 bits per heavy atom. The second-order valence-electron chi connectivity index (χ2n) is 10.9. The molecule has 11 heteroatoms. The Labute approximate surface area is 245 Å². The fourth-order valence-electron chi connectivity index (χ4n) is 4.05. The van der Waals surface area contributed by atoms with E-state index in [0.29, 0.717) is 34.1 Å². The van der Waals surface area contributed by atoms with Crippen LogP contribution < -0.4 is 19.3 Å². The largest absolute Gasteiger partial charge is 0.549 e. The first kappa shape index (κ1) is 31.2. The molecule has 0 spiro atoms. The number of aromatic nitrogens is 1. The van der Waals surface area contributed by atoms with Crippen LogP contribution in [0.1, 0.15) is 53.5 Å². The van der Waals surface area contributed by atoms with Crippen molar-refractivity contribution >= 4 is 48.8 Å². The van der Waals surface area contributed by atoms with Gasteiger partial charge in [-0.3, -0.25) is 5.21 Å². The average molecular weight is 613 g/mol. The monoisotopic (exact) mass is 611 g/mol. The summed E-state index contributed by atoms with van der Waals surface area (Å²) in [6.07, 6.45) is 2.79. The SMILES string of the molecule is COc1ccc([C@@H](Cc2c(Cl)c[n+](O)cc2Cl)C(C(=O)[O-])c2ccc(CO[Si](C)(C)C(C)(C)C)s2)cc1OC. The number of rotatable bonds is 11. The van der Waals surface area contributed by atoms with Gasteiger partial charge in [-0.1, -0.05) is 50.0 Å². The molecule has 3 aromatic rings. The second kappa shape index (κ2) is 12.5. The van der Waals surface area contributed by atoms with Crippen LogP contribution in [0.4, 0.5) is 0 Å². The van der Waals surface area contributed by atoms with Crippen molar-refractivity contribution in [2.24, 2.45) is 0 Å². The topological polar surface area (TPSA) is 91.9 Å². The van der Waals surface area contributed by atoms with Crippen molar-refractivity contribution < 1.29 is 33.7 Å². The number of halogens is 2. The molecule has 2 aromatic heterocycles. The summed E-state index contributed by atoms with van der Waals surface area (Å²) < 4.78 is 18.0. The molecule has 0 fully saturated rings. The number of carbonyl (C=O) groups excluding carboxylic acids is 1. The smallest absolute Gasteiger partial charge is 0.241 e. The molecule has 1 unspecified atom stereocenters. The molecule has 7 nitrogen and oxygen atoms in total. The third kappa shape index (κ3) is 7.26. The molecule has 0 aliphatic rings. The summed E-state index contributed by atoms with van der Waals surface area (Å²) in [5.74, 6) is -1.90. The van der Waals surface area contributed by atoms with Gasteiger partial charge in [-0.15, -0.1) is 11.3 Å². The standard InChI is InChI=1S/C28H35Cl2NO6SSi/c1-28(2,3)39(6,7)37-16-18-9-11-25(38-18)26(27(32)33)19(13-20-21(29)14-31(34)15-22(20)30)17-8-10-23(35-4)24(12-17)36-5/h8-12,14-15,19,26H,13,16H2,1-7H3,(H-,32,33,34)/t19-,26?/m1/s1. The van der Waals surface area contributed by atoms with Crippen LogP contribution in [0, 0.1) is 0 Å². The summed E-state index contributed by atoms with van der Waals surface area (Å²) in [5.41, 5.74) is 1.19. The van der Waals surface area contributed by atoms with Crippen LogP contribution in [-0.4, -0.2) is 33.7 Å². The van der Waals surface area contributed by atoms with E-state index in [9.17, 15) is 15.1 Å². The number of carbonyl (C=O) groups is 1. The predicted molar refractivity (Wildman–Crippen MR) is 154 cm³/mol. The third-order valence-corrected chi connectivity index (χ3v) is 13.6. The first-order valence-corrected chi connectivity index (χ1v) is 16.9. The van der Waals surface area contributed by atoms with Crippen LogP contribution in [0.25, 0.3) is 0 Å². The number of methoxy groups -OCH3 is 2. The van der Waals surface area contributed by atoms with Crippen molar-refractivity contribution in [3.63, 3.8) is 0 Å². The lowest BCUT2D eigenvalue weighted by molar-refractivity contribution is -0.904. The van der Waals surface area contributed by atoms with Crippen LogP contribution in [0.3, 0.4) is 0 Å². The van der Waals surface area contributed by atoms with Crippen LogP contribution in [-0.2, 0) is 22.2 Å². The van der Waals surface area contributed by atoms with Gasteiger partial charge in [0.05, 0.1) is 26.8 Å². The Bertz CT molecular complexity index is 1300. The van der Waals surface area contributed by atoms with E-state index in [0.717, 1.165) is 9.61 Å². The number of benzene rings is 1.